The zero-order chi connectivity index (χ0) is 44.4. The lowest BCUT2D eigenvalue weighted by Crippen LogP contribution is -2.43. The van der Waals surface area contributed by atoms with E-state index in [0.29, 0.717) is 11.5 Å². The standard InChI is InChI=1S/C50H52O12/c1-6-45(52)59-29-35(49(4,5)62-32(3)51)28-57-36-24-20-33(21-25-36)50(43-18-12-10-14-39(43)40-15-11-13-19-44(40)50)34-22-26-37(27-23-34)58-30-38(31-60-46(53)7-2)61-48(56)42-17-9-8-16-41(42)47(54)55/h6-15,18-27,32,35,38,41-42,51H,1-2,16-17,28-31H2,3-5H3,(H,54,55). The van der Waals surface area contributed by atoms with Crippen LogP contribution in [-0.2, 0) is 43.5 Å². The van der Waals surface area contributed by atoms with Crippen LogP contribution in [0.15, 0.2) is 135 Å². The van der Waals surface area contributed by atoms with Gasteiger partial charge in [-0.05, 0) is 91.3 Å². The van der Waals surface area contributed by atoms with Crippen LogP contribution in [0.1, 0.15) is 55.9 Å². The van der Waals surface area contributed by atoms with E-state index in [1.807, 2.05) is 72.8 Å². The fourth-order valence-electron chi connectivity index (χ4n) is 8.19. The minimum atomic E-state index is -1.09. The third-order valence-electron chi connectivity index (χ3n) is 11.4. The molecule has 0 bridgehead atoms. The second kappa shape index (κ2) is 19.9. The molecule has 2 aliphatic rings. The number of carbonyl (C=O) groups excluding carboxylic acids is 3. The Hall–Kier alpha value is -6.50. The molecule has 12 heteroatoms. The molecule has 324 valence electrons. The number of esters is 3. The van der Waals surface area contributed by atoms with E-state index in [2.05, 4.69) is 37.4 Å². The molecule has 5 atom stereocenters. The number of carbonyl (C=O) groups is 4. The van der Waals surface area contributed by atoms with E-state index in [1.165, 1.54) is 6.92 Å². The molecule has 2 N–H and O–H groups in total. The van der Waals surface area contributed by atoms with E-state index in [0.717, 1.165) is 45.5 Å². The van der Waals surface area contributed by atoms with Crippen molar-refractivity contribution in [3.8, 4) is 22.6 Å². The van der Waals surface area contributed by atoms with Gasteiger partial charge in [-0.1, -0.05) is 98.1 Å². The summed E-state index contributed by atoms with van der Waals surface area (Å²) in [5.41, 5.74) is 4.61. The van der Waals surface area contributed by atoms with Gasteiger partial charge in [0.15, 0.2) is 12.4 Å². The Morgan fingerprint density at radius 3 is 1.69 bits per heavy atom. The smallest absolute Gasteiger partial charge is 0.330 e. The molecule has 0 amide bonds. The van der Waals surface area contributed by atoms with Crippen LogP contribution >= 0.6 is 0 Å². The maximum atomic E-state index is 13.3. The Labute approximate surface area is 361 Å². The number of hydrogen-bond acceptors (Lipinski definition) is 11. The predicted molar refractivity (Wildman–Crippen MR) is 230 cm³/mol. The maximum Gasteiger partial charge on any atom is 0.330 e. The molecule has 0 aromatic heterocycles. The van der Waals surface area contributed by atoms with Crippen molar-refractivity contribution in [1.82, 2.24) is 0 Å². The molecule has 0 fully saturated rings. The maximum absolute atomic E-state index is 13.3. The zero-order valence-corrected chi connectivity index (χ0v) is 35.1. The Bertz CT molecular complexity index is 2230. The molecule has 6 rings (SSSR count). The van der Waals surface area contributed by atoms with Crippen molar-refractivity contribution in [1.29, 1.82) is 0 Å². The zero-order valence-electron chi connectivity index (χ0n) is 35.1. The first-order valence-corrected chi connectivity index (χ1v) is 20.5. The molecule has 62 heavy (non-hydrogen) atoms. The summed E-state index contributed by atoms with van der Waals surface area (Å²) in [6.45, 7) is 11.6. The molecular weight excluding hydrogens is 793 g/mol. The molecule has 5 unspecified atom stereocenters. The summed E-state index contributed by atoms with van der Waals surface area (Å²) >= 11 is 0. The number of ether oxygens (including phenoxy) is 6. The summed E-state index contributed by atoms with van der Waals surface area (Å²) in [5, 5.41) is 19.7. The van der Waals surface area contributed by atoms with Crippen LogP contribution in [0.25, 0.3) is 11.1 Å². The van der Waals surface area contributed by atoms with Crippen LogP contribution in [-0.4, -0.2) is 78.5 Å². The highest BCUT2D eigenvalue weighted by Gasteiger charge is 2.46. The summed E-state index contributed by atoms with van der Waals surface area (Å²) in [6.07, 6.45) is 3.93. The van der Waals surface area contributed by atoms with Crippen LogP contribution < -0.4 is 9.47 Å². The topological polar surface area (TPSA) is 164 Å². The van der Waals surface area contributed by atoms with Gasteiger partial charge in [-0.15, -0.1) is 0 Å². The number of hydrogen-bond donors (Lipinski definition) is 2. The molecule has 0 saturated carbocycles. The van der Waals surface area contributed by atoms with E-state index in [1.54, 1.807) is 26.0 Å². The van der Waals surface area contributed by atoms with Crippen molar-refractivity contribution in [3.05, 3.63) is 157 Å². The van der Waals surface area contributed by atoms with Crippen molar-refractivity contribution in [2.45, 2.75) is 57.0 Å². The SMILES string of the molecule is C=CC(=O)OCC(COc1ccc(C2(c3ccc(OCC(COC(=O)C=C)C(C)(C)OC(C)O)cc3)c3ccccc3-c3ccccc32)cc1)OC(=O)C1CC=CCC1C(=O)O. The lowest BCUT2D eigenvalue weighted by Gasteiger charge is -2.35. The third-order valence-corrected chi connectivity index (χ3v) is 11.4. The largest absolute Gasteiger partial charge is 0.493 e. The monoisotopic (exact) mass is 844 g/mol. The lowest BCUT2D eigenvalue weighted by molar-refractivity contribution is -0.193. The highest BCUT2D eigenvalue weighted by Crippen LogP contribution is 2.56. The van der Waals surface area contributed by atoms with Gasteiger partial charge in [0.25, 0.3) is 0 Å². The Balaban J connectivity index is 1.27. The average molecular weight is 845 g/mol. The van der Waals surface area contributed by atoms with E-state index >= 15 is 0 Å². The van der Waals surface area contributed by atoms with Crippen molar-refractivity contribution in [2.24, 2.45) is 17.8 Å². The van der Waals surface area contributed by atoms with Crippen LogP contribution in [0.4, 0.5) is 0 Å². The fraction of sp³-hybridized carbons (Fsp3) is 0.320. The van der Waals surface area contributed by atoms with Crippen molar-refractivity contribution >= 4 is 23.9 Å². The molecule has 12 nitrogen and oxygen atoms in total. The quantitative estimate of drug-likeness (QED) is 0.0260. The molecule has 4 aromatic carbocycles. The van der Waals surface area contributed by atoms with Crippen LogP contribution in [0.3, 0.4) is 0 Å². The van der Waals surface area contributed by atoms with Crippen LogP contribution in [0, 0.1) is 17.8 Å². The van der Waals surface area contributed by atoms with Gasteiger partial charge in [-0.2, -0.15) is 0 Å². The Morgan fingerprint density at radius 2 is 1.19 bits per heavy atom. The Morgan fingerprint density at radius 1 is 0.710 bits per heavy atom. The fourth-order valence-corrected chi connectivity index (χ4v) is 8.19. The number of benzene rings is 4. The van der Waals surface area contributed by atoms with Gasteiger partial charge in [0.05, 0.1) is 35.4 Å². The number of aliphatic carboxylic acids is 1. The summed E-state index contributed by atoms with van der Waals surface area (Å²) in [6, 6.07) is 32.1. The van der Waals surface area contributed by atoms with Gasteiger partial charge >= 0.3 is 23.9 Å². The molecule has 0 aliphatic heterocycles. The summed E-state index contributed by atoms with van der Waals surface area (Å²) < 4.78 is 34.5. The summed E-state index contributed by atoms with van der Waals surface area (Å²) in [4.78, 5) is 49.0. The molecule has 0 saturated heterocycles. The van der Waals surface area contributed by atoms with Gasteiger partial charge < -0.3 is 38.6 Å². The molecule has 2 aliphatic carbocycles. The first-order chi connectivity index (χ1) is 29.8. The predicted octanol–water partition coefficient (Wildman–Crippen LogP) is 7.59. The highest BCUT2D eigenvalue weighted by molar-refractivity contribution is 5.86. The van der Waals surface area contributed by atoms with Crippen molar-refractivity contribution in [2.75, 3.05) is 26.4 Å². The minimum absolute atomic E-state index is 0.0148. The van der Waals surface area contributed by atoms with Gasteiger partial charge in [0.2, 0.25) is 0 Å². The van der Waals surface area contributed by atoms with Gasteiger partial charge in [0, 0.05) is 12.2 Å². The lowest BCUT2D eigenvalue weighted by atomic mass is 9.68. The molecular formula is C50H52O12. The summed E-state index contributed by atoms with van der Waals surface area (Å²) in [5.74, 6) is -4.30. The number of rotatable bonds is 20. The second-order valence-electron chi connectivity index (χ2n) is 15.8. The van der Waals surface area contributed by atoms with E-state index < -0.39 is 65.0 Å². The normalized spacial score (nSPS) is 17.5. The first-order valence-electron chi connectivity index (χ1n) is 20.5. The van der Waals surface area contributed by atoms with Gasteiger partial charge in [-0.3, -0.25) is 9.59 Å². The van der Waals surface area contributed by atoms with Gasteiger partial charge in [-0.25, -0.2) is 9.59 Å². The van der Waals surface area contributed by atoms with Gasteiger partial charge in [0.1, 0.15) is 31.3 Å². The molecule has 0 heterocycles. The number of fused-ring (bicyclic) bond motifs is 3. The van der Waals surface area contributed by atoms with E-state index in [-0.39, 0.29) is 39.3 Å². The van der Waals surface area contributed by atoms with Crippen LogP contribution in [0.2, 0.25) is 0 Å². The number of allylic oxidation sites excluding steroid dienone is 2. The number of aliphatic hydroxyl groups excluding tert-OH is 1. The Kier molecular flexibility index (Phi) is 14.5. The van der Waals surface area contributed by atoms with Crippen molar-refractivity contribution in [3.63, 3.8) is 0 Å². The average Bonchev–Trinajstić information content (AvgIpc) is 3.57. The highest BCUT2D eigenvalue weighted by atomic mass is 16.6. The van der Waals surface area contributed by atoms with Crippen molar-refractivity contribution < 1.29 is 57.8 Å². The molecule has 4 aromatic rings. The second-order valence-corrected chi connectivity index (χ2v) is 15.8. The van der Waals surface area contributed by atoms with E-state index in [9.17, 15) is 29.4 Å². The molecule has 0 radical (unpaired) electrons. The number of aliphatic hydroxyl groups is 1. The molecule has 0 spiro atoms. The summed E-state index contributed by atoms with van der Waals surface area (Å²) in [7, 11) is 0. The number of carboxylic acid groups (broad SMARTS) is 1. The minimum Gasteiger partial charge on any atom is -0.493 e. The first kappa shape index (κ1) is 45.0. The van der Waals surface area contributed by atoms with E-state index in [4.69, 9.17) is 28.4 Å². The third kappa shape index (κ3) is 9.99. The number of carboxylic acids is 1. The van der Waals surface area contributed by atoms with Crippen LogP contribution in [0.5, 0.6) is 11.5 Å².